The molecular formula is C16H13NO. The predicted octanol–water partition coefficient (Wildman–Crippen LogP) is 3.41. The molecule has 0 N–H and O–H groups in total. The minimum Gasteiger partial charge on any atom is -0.289 e. The molecule has 2 heteroatoms. The zero-order valence-corrected chi connectivity index (χ0v) is 10.4. The first-order valence-corrected chi connectivity index (χ1v) is 5.74. The summed E-state index contributed by atoms with van der Waals surface area (Å²) in [5.41, 5.74) is 3.49. The van der Waals surface area contributed by atoms with Gasteiger partial charge >= 0.3 is 0 Å². The van der Waals surface area contributed by atoms with Crippen LogP contribution in [0.25, 0.3) is 0 Å². The van der Waals surface area contributed by atoms with E-state index in [9.17, 15) is 4.79 Å². The fraction of sp³-hybridized carbons (Fsp3) is 0.125. The Hall–Kier alpha value is -2.40. The van der Waals surface area contributed by atoms with E-state index >= 15 is 0 Å². The summed E-state index contributed by atoms with van der Waals surface area (Å²) in [5, 5.41) is 9.14. The highest BCUT2D eigenvalue weighted by atomic mass is 16.1. The smallest absolute Gasteiger partial charge is 0.194 e. The molecule has 0 heterocycles. The Bertz CT molecular complexity index is 633. The molecule has 2 aromatic rings. The van der Waals surface area contributed by atoms with Gasteiger partial charge in [0.2, 0.25) is 0 Å². The lowest BCUT2D eigenvalue weighted by molar-refractivity contribution is 0.103. The van der Waals surface area contributed by atoms with Gasteiger partial charge in [-0.3, -0.25) is 4.79 Å². The quantitative estimate of drug-likeness (QED) is 0.748. The molecule has 0 saturated carbocycles. The number of aryl methyl sites for hydroxylation is 2. The molecule has 2 aromatic carbocycles. The maximum absolute atomic E-state index is 12.3. The summed E-state index contributed by atoms with van der Waals surface area (Å²) in [7, 11) is 0. The molecule has 0 amide bonds. The van der Waals surface area contributed by atoms with Crippen LogP contribution in [0, 0.1) is 25.2 Å². The molecule has 0 spiro atoms. The second-order valence-electron chi connectivity index (χ2n) is 4.30. The first kappa shape index (κ1) is 12.1. The van der Waals surface area contributed by atoms with Gasteiger partial charge in [-0.05, 0) is 25.5 Å². The average molecular weight is 235 g/mol. The summed E-state index contributed by atoms with van der Waals surface area (Å²) in [4.78, 5) is 12.3. The maximum atomic E-state index is 12.3. The topological polar surface area (TPSA) is 40.9 Å². The Balaban J connectivity index is 2.50. The zero-order chi connectivity index (χ0) is 13.1. The molecule has 0 unspecified atom stereocenters. The minimum atomic E-state index is -0.102. The molecule has 0 aromatic heterocycles. The summed E-state index contributed by atoms with van der Waals surface area (Å²) in [6, 6.07) is 14.8. The fourth-order valence-electron chi connectivity index (χ4n) is 1.87. The summed E-state index contributed by atoms with van der Waals surface area (Å²) in [6.07, 6.45) is 0. The molecule has 18 heavy (non-hydrogen) atoms. The zero-order valence-electron chi connectivity index (χ0n) is 10.4. The van der Waals surface area contributed by atoms with Crippen molar-refractivity contribution in [1.82, 2.24) is 0 Å². The number of rotatable bonds is 2. The van der Waals surface area contributed by atoms with Crippen LogP contribution >= 0.6 is 0 Å². The van der Waals surface area contributed by atoms with Crippen LogP contribution in [0.4, 0.5) is 0 Å². The van der Waals surface area contributed by atoms with Gasteiger partial charge in [0.1, 0.15) is 6.07 Å². The van der Waals surface area contributed by atoms with Crippen molar-refractivity contribution in [3.8, 4) is 6.07 Å². The number of carbonyl (C=O) groups is 1. The Morgan fingerprint density at radius 1 is 1.06 bits per heavy atom. The van der Waals surface area contributed by atoms with E-state index in [1.54, 1.807) is 24.3 Å². The van der Waals surface area contributed by atoms with E-state index in [0.29, 0.717) is 16.7 Å². The number of hydrogen-bond acceptors (Lipinski definition) is 2. The van der Waals surface area contributed by atoms with Crippen LogP contribution < -0.4 is 0 Å². The van der Waals surface area contributed by atoms with Crippen LogP contribution in [0.3, 0.4) is 0 Å². The number of ketones is 1. The molecular weight excluding hydrogens is 222 g/mol. The van der Waals surface area contributed by atoms with Gasteiger partial charge in [0.05, 0.1) is 5.56 Å². The van der Waals surface area contributed by atoms with Gasteiger partial charge in [-0.2, -0.15) is 5.26 Å². The average Bonchev–Trinajstić information content (AvgIpc) is 2.38. The largest absolute Gasteiger partial charge is 0.289 e. The molecule has 0 atom stereocenters. The van der Waals surface area contributed by atoms with Crippen molar-refractivity contribution in [2.24, 2.45) is 0 Å². The van der Waals surface area contributed by atoms with E-state index in [4.69, 9.17) is 5.26 Å². The van der Waals surface area contributed by atoms with Crippen LogP contribution in [0.2, 0.25) is 0 Å². The van der Waals surface area contributed by atoms with E-state index < -0.39 is 0 Å². The van der Waals surface area contributed by atoms with Crippen molar-refractivity contribution >= 4 is 5.78 Å². The highest BCUT2D eigenvalue weighted by Crippen LogP contribution is 2.17. The van der Waals surface area contributed by atoms with Gasteiger partial charge in [-0.15, -0.1) is 0 Å². The Labute approximate surface area is 107 Å². The van der Waals surface area contributed by atoms with Gasteiger partial charge < -0.3 is 0 Å². The third kappa shape index (κ3) is 2.16. The van der Waals surface area contributed by atoms with Crippen molar-refractivity contribution in [1.29, 1.82) is 5.26 Å². The Morgan fingerprint density at radius 3 is 2.33 bits per heavy atom. The third-order valence-corrected chi connectivity index (χ3v) is 2.94. The molecule has 0 bridgehead atoms. The normalized spacial score (nSPS) is 9.83. The molecule has 0 aliphatic rings. The lowest BCUT2D eigenvalue weighted by Crippen LogP contribution is -2.05. The van der Waals surface area contributed by atoms with Gasteiger partial charge in [0.15, 0.2) is 5.78 Å². The van der Waals surface area contributed by atoms with Gasteiger partial charge in [0, 0.05) is 11.1 Å². The van der Waals surface area contributed by atoms with Crippen LogP contribution in [-0.4, -0.2) is 5.78 Å². The van der Waals surface area contributed by atoms with Gasteiger partial charge in [-0.1, -0.05) is 42.0 Å². The number of benzene rings is 2. The standard InChI is InChI=1S/C16H13NO/c1-11-6-8-13(9-7-11)16(18)14-5-3-4-12(2)15(14)10-17/h3-9H,1-2H3. The molecule has 0 fully saturated rings. The highest BCUT2D eigenvalue weighted by molar-refractivity contribution is 6.10. The first-order chi connectivity index (χ1) is 8.63. The third-order valence-electron chi connectivity index (χ3n) is 2.94. The fourth-order valence-corrected chi connectivity index (χ4v) is 1.87. The van der Waals surface area contributed by atoms with E-state index in [2.05, 4.69) is 6.07 Å². The lowest BCUT2D eigenvalue weighted by Gasteiger charge is -2.06. The van der Waals surface area contributed by atoms with Crippen molar-refractivity contribution in [2.75, 3.05) is 0 Å². The van der Waals surface area contributed by atoms with Crippen molar-refractivity contribution in [2.45, 2.75) is 13.8 Å². The summed E-state index contributed by atoms with van der Waals surface area (Å²) in [5.74, 6) is -0.102. The number of nitriles is 1. The Kier molecular flexibility index (Phi) is 3.25. The summed E-state index contributed by atoms with van der Waals surface area (Å²) >= 11 is 0. The van der Waals surface area contributed by atoms with Crippen molar-refractivity contribution in [3.63, 3.8) is 0 Å². The monoisotopic (exact) mass is 235 g/mol. The molecule has 2 rings (SSSR count). The number of hydrogen-bond donors (Lipinski definition) is 0. The molecule has 0 radical (unpaired) electrons. The van der Waals surface area contributed by atoms with Gasteiger partial charge in [-0.25, -0.2) is 0 Å². The minimum absolute atomic E-state index is 0.102. The second kappa shape index (κ2) is 4.85. The predicted molar refractivity (Wildman–Crippen MR) is 70.5 cm³/mol. The second-order valence-corrected chi connectivity index (χ2v) is 4.30. The SMILES string of the molecule is Cc1ccc(C(=O)c2cccc(C)c2C#N)cc1. The molecule has 88 valence electrons. The van der Waals surface area contributed by atoms with Crippen molar-refractivity contribution in [3.05, 3.63) is 70.3 Å². The van der Waals surface area contributed by atoms with Crippen LogP contribution in [0.1, 0.15) is 32.6 Å². The molecule has 0 saturated heterocycles. The molecule has 0 aliphatic heterocycles. The molecule has 2 nitrogen and oxygen atoms in total. The maximum Gasteiger partial charge on any atom is 0.194 e. The lowest BCUT2D eigenvalue weighted by atomic mass is 9.95. The van der Waals surface area contributed by atoms with E-state index in [1.807, 2.05) is 32.0 Å². The summed E-state index contributed by atoms with van der Waals surface area (Å²) in [6.45, 7) is 3.81. The van der Waals surface area contributed by atoms with Crippen LogP contribution in [0.15, 0.2) is 42.5 Å². The van der Waals surface area contributed by atoms with Crippen LogP contribution in [-0.2, 0) is 0 Å². The van der Waals surface area contributed by atoms with E-state index in [-0.39, 0.29) is 5.78 Å². The van der Waals surface area contributed by atoms with E-state index in [0.717, 1.165) is 11.1 Å². The first-order valence-electron chi connectivity index (χ1n) is 5.74. The van der Waals surface area contributed by atoms with E-state index in [1.165, 1.54) is 0 Å². The number of carbonyl (C=O) groups excluding carboxylic acids is 1. The number of nitrogens with zero attached hydrogens (tertiary/aromatic N) is 1. The molecule has 0 aliphatic carbocycles. The van der Waals surface area contributed by atoms with Crippen LogP contribution in [0.5, 0.6) is 0 Å². The highest BCUT2D eigenvalue weighted by Gasteiger charge is 2.14. The van der Waals surface area contributed by atoms with Gasteiger partial charge in [0.25, 0.3) is 0 Å². The van der Waals surface area contributed by atoms with Crippen molar-refractivity contribution < 1.29 is 4.79 Å². The Morgan fingerprint density at radius 2 is 1.72 bits per heavy atom. The summed E-state index contributed by atoms with van der Waals surface area (Å²) < 4.78 is 0.